The molecule has 1 aromatic carbocycles. The van der Waals surface area contributed by atoms with Crippen molar-refractivity contribution in [2.75, 3.05) is 11.9 Å². The van der Waals surface area contributed by atoms with Crippen LogP contribution in [0.1, 0.15) is 50.8 Å². The van der Waals surface area contributed by atoms with Gasteiger partial charge in [-0.15, -0.1) is 0 Å². The molecule has 0 radical (unpaired) electrons. The first-order chi connectivity index (χ1) is 12.0. The second-order valence-corrected chi connectivity index (χ2v) is 6.09. The Morgan fingerprint density at radius 1 is 1.16 bits per heavy atom. The van der Waals surface area contributed by atoms with Gasteiger partial charge in [0.2, 0.25) is 0 Å². The van der Waals surface area contributed by atoms with Gasteiger partial charge < -0.3 is 5.32 Å². The van der Waals surface area contributed by atoms with Crippen LogP contribution in [0.3, 0.4) is 0 Å². The number of carbonyl (C=O) groups excluding carboxylic acids is 3. The molecule has 0 spiro atoms. The van der Waals surface area contributed by atoms with Crippen molar-refractivity contribution in [3.8, 4) is 0 Å². The molecule has 2 aromatic rings. The lowest BCUT2D eigenvalue weighted by molar-refractivity contribution is 0.0652. The Morgan fingerprint density at radius 2 is 1.92 bits per heavy atom. The molecule has 25 heavy (non-hydrogen) atoms. The van der Waals surface area contributed by atoms with Gasteiger partial charge in [0.05, 0.1) is 23.0 Å². The SMILES string of the molecule is CCCCN1C(=O)c2ccc(C(=O)Nc3ccc(Cl)nc3)cc2C1=O. The molecule has 6 nitrogen and oxygen atoms in total. The number of hydrogen-bond acceptors (Lipinski definition) is 4. The number of hydrogen-bond donors (Lipinski definition) is 1. The third kappa shape index (κ3) is 3.39. The van der Waals surface area contributed by atoms with E-state index in [0.29, 0.717) is 28.5 Å². The van der Waals surface area contributed by atoms with Crippen LogP contribution in [-0.2, 0) is 0 Å². The Bertz CT molecular complexity index is 849. The minimum atomic E-state index is -0.390. The lowest BCUT2D eigenvalue weighted by atomic mass is 10.1. The number of unbranched alkanes of at least 4 members (excludes halogenated alkanes) is 1. The van der Waals surface area contributed by atoms with Crippen molar-refractivity contribution >= 4 is 35.0 Å². The van der Waals surface area contributed by atoms with Crippen LogP contribution in [0.2, 0.25) is 5.15 Å². The Hall–Kier alpha value is -2.73. The number of imide groups is 1. The highest BCUT2D eigenvalue weighted by atomic mass is 35.5. The number of amides is 3. The normalized spacial score (nSPS) is 13.1. The van der Waals surface area contributed by atoms with E-state index in [1.807, 2.05) is 6.92 Å². The first-order valence-corrected chi connectivity index (χ1v) is 8.32. The topological polar surface area (TPSA) is 79.4 Å². The van der Waals surface area contributed by atoms with Gasteiger partial charge in [0.25, 0.3) is 17.7 Å². The lowest BCUT2D eigenvalue weighted by Crippen LogP contribution is -2.30. The number of pyridine rings is 1. The maximum atomic E-state index is 12.4. The van der Waals surface area contributed by atoms with Gasteiger partial charge in [-0.1, -0.05) is 24.9 Å². The predicted octanol–water partition coefficient (Wildman–Crippen LogP) is 3.38. The second kappa shape index (κ2) is 7.03. The Labute approximate surface area is 149 Å². The summed E-state index contributed by atoms with van der Waals surface area (Å²) in [6.07, 6.45) is 3.08. The number of halogens is 1. The summed E-state index contributed by atoms with van der Waals surface area (Å²) >= 11 is 5.71. The monoisotopic (exact) mass is 357 g/mol. The number of benzene rings is 1. The molecule has 7 heteroatoms. The van der Waals surface area contributed by atoms with Crippen LogP contribution in [0, 0.1) is 0 Å². The maximum absolute atomic E-state index is 12.4. The molecule has 1 aliphatic heterocycles. The number of fused-ring (bicyclic) bond motifs is 1. The fraction of sp³-hybridized carbons (Fsp3) is 0.222. The minimum Gasteiger partial charge on any atom is -0.321 e. The van der Waals surface area contributed by atoms with Crippen molar-refractivity contribution in [2.24, 2.45) is 0 Å². The fourth-order valence-corrected chi connectivity index (χ4v) is 2.72. The smallest absolute Gasteiger partial charge is 0.261 e. The molecule has 3 rings (SSSR count). The highest BCUT2D eigenvalue weighted by Gasteiger charge is 2.35. The van der Waals surface area contributed by atoms with Crippen molar-refractivity contribution in [3.05, 3.63) is 58.4 Å². The molecule has 0 fully saturated rings. The molecule has 128 valence electrons. The van der Waals surface area contributed by atoms with E-state index in [0.717, 1.165) is 12.8 Å². The van der Waals surface area contributed by atoms with E-state index in [4.69, 9.17) is 11.6 Å². The van der Waals surface area contributed by atoms with Crippen LogP contribution in [-0.4, -0.2) is 34.2 Å². The van der Waals surface area contributed by atoms with E-state index >= 15 is 0 Å². The molecule has 0 unspecified atom stereocenters. The van der Waals surface area contributed by atoms with Gasteiger partial charge in [0.15, 0.2) is 0 Å². The molecule has 0 saturated heterocycles. The molecular weight excluding hydrogens is 342 g/mol. The maximum Gasteiger partial charge on any atom is 0.261 e. The number of aromatic nitrogens is 1. The number of nitrogens with one attached hydrogen (secondary N) is 1. The van der Waals surface area contributed by atoms with E-state index in [1.165, 1.54) is 29.3 Å². The summed E-state index contributed by atoms with van der Waals surface area (Å²) in [5, 5.41) is 3.00. The summed E-state index contributed by atoms with van der Waals surface area (Å²) in [6.45, 7) is 2.38. The first kappa shape index (κ1) is 17.1. The summed E-state index contributed by atoms with van der Waals surface area (Å²) in [5.41, 5.74) is 1.39. The van der Waals surface area contributed by atoms with Crippen LogP contribution in [0.4, 0.5) is 5.69 Å². The van der Waals surface area contributed by atoms with Crippen LogP contribution in [0.25, 0.3) is 0 Å². The summed E-state index contributed by atoms with van der Waals surface area (Å²) in [5.74, 6) is -1.04. The highest BCUT2D eigenvalue weighted by Crippen LogP contribution is 2.25. The molecule has 0 atom stereocenters. The van der Waals surface area contributed by atoms with Gasteiger partial charge in [0.1, 0.15) is 5.15 Å². The number of carbonyl (C=O) groups is 3. The van der Waals surface area contributed by atoms with Gasteiger partial charge in [-0.2, -0.15) is 0 Å². The molecule has 1 aliphatic rings. The first-order valence-electron chi connectivity index (χ1n) is 7.94. The van der Waals surface area contributed by atoms with Gasteiger partial charge in [0, 0.05) is 12.1 Å². The zero-order valence-electron chi connectivity index (χ0n) is 13.6. The molecule has 0 saturated carbocycles. The second-order valence-electron chi connectivity index (χ2n) is 5.70. The highest BCUT2D eigenvalue weighted by molar-refractivity contribution is 6.29. The summed E-state index contributed by atoms with van der Waals surface area (Å²) in [4.78, 5) is 42.2. The number of anilines is 1. The van der Waals surface area contributed by atoms with Gasteiger partial charge in [-0.25, -0.2) is 4.98 Å². The Balaban J connectivity index is 1.81. The van der Waals surface area contributed by atoms with Gasteiger partial charge in [-0.3, -0.25) is 19.3 Å². The van der Waals surface area contributed by atoms with Crippen LogP contribution in [0.5, 0.6) is 0 Å². The Morgan fingerprint density at radius 3 is 2.60 bits per heavy atom. The molecule has 2 heterocycles. The molecule has 0 bridgehead atoms. The fourth-order valence-electron chi connectivity index (χ4n) is 2.60. The molecular formula is C18H16ClN3O3. The molecule has 1 aromatic heterocycles. The van der Waals surface area contributed by atoms with E-state index in [-0.39, 0.29) is 23.3 Å². The van der Waals surface area contributed by atoms with E-state index in [1.54, 1.807) is 12.1 Å². The van der Waals surface area contributed by atoms with E-state index < -0.39 is 0 Å². The average molecular weight is 358 g/mol. The third-order valence-corrected chi connectivity index (χ3v) is 4.18. The minimum absolute atomic E-state index is 0.267. The molecule has 3 amide bonds. The van der Waals surface area contributed by atoms with Gasteiger partial charge in [-0.05, 0) is 36.8 Å². The zero-order valence-corrected chi connectivity index (χ0v) is 14.3. The average Bonchev–Trinajstić information content (AvgIpc) is 2.85. The largest absolute Gasteiger partial charge is 0.321 e. The predicted molar refractivity (Wildman–Crippen MR) is 93.9 cm³/mol. The summed E-state index contributed by atoms with van der Waals surface area (Å²) in [6, 6.07) is 7.71. The van der Waals surface area contributed by atoms with Crippen molar-refractivity contribution in [3.63, 3.8) is 0 Å². The van der Waals surface area contributed by atoms with E-state index in [2.05, 4.69) is 10.3 Å². The number of rotatable bonds is 5. The Kier molecular flexibility index (Phi) is 4.81. The van der Waals surface area contributed by atoms with Crippen LogP contribution >= 0.6 is 11.6 Å². The lowest BCUT2D eigenvalue weighted by Gasteiger charge is -2.12. The van der Waals surface area contributed by atoms with Crippen LogP contribution < -0.4 is 5.32 Å². The molecule has 1 N–H and O–H groups in total. The van der Waals surface area contributed by atoms with Crippen molar-refractivity contribution < 1.29 is 14.4 Å². The summed E-state index contributed by atoms with van der Waals surface area (Å²) < 4.78 is 0. The van der Waals surface area contributed by atoms with Crippen LogP contribution in [0.15, 0.2) is 36.5 Å². The van der Waals surface area contributed by atoms with Gasteiger partial charge >= 0.3 is 0 Å². The van der Waals surface area contributed by atoms with Crippen molar-refractivity contribution in [1.82, 2.24) is 9.88 Å². The van der Waals surface area contributed by atoms with Crippen molar-refractivity contribution in [2.45, 2.75) is 19.8 Å². The van der Waals surface area contributed by atoms with Crippen molar-refractivity contribution in [1.29, 1.82) is 0 Å². The quantitative estimate of drug-likeness (QED) is 0.657. The third-order valence-electron chi connectivity index (χ3n) is 3.95. The van der Waals surface area contributed by atoms with E-state index in [9.17, 15) is 14.4 Å². The number of nitrogens with zero attached hydrogens (tertiary/aromatic N) is 2. The zero-order chi connectivity index (χ0) is 18.0. The summed E-state index contributed by atoms with van der Waals surface area (Å²) in [7, 11) is 0. The molecule has 0 aliphatic carbocycles. The standard InChI is InChI=1S/C18H16ClN3O3/c1-2-3-8-22-17(24)13-6-4-11(9-14(13)18(22)25)16(23)21-12-5-7-15(19)20-10-12/h4-7,9-10H,2-3,8H2,1H3,(H,21,23).